The van der Waals surface area contributed by atoms with Gasteiger partial charge in [0.15, 0.2) is 5.69 Å². The first-order valence-electron chi connectivity index (χ1n) is 5.71. The molecule has 0 aliphatic carbocycles. The fraction of sp³-hybridized carbons (Fsp3) is 0.364. The molecular formula is C11H12N6O. The van der Waals surface area contributed by atoms with Crippen molar-refractivity contribution in [3.8, 4) is 0 Å². The summed E-state index contributed by atoms with van der Waals surface area (Å²) < 4.78 is 3.45. The van der Waals surface area contributed by atoms with E-state index in [1.165, 1.54) is 0 Å². The van der Waals surface area contributed by atoms with Crippen LogP contribution in [-0.2, 0) is 13.6 Å². The Labute approximate surface area is 103 Å². The van der Waals surface area contributed by atoms with E-state index in [9.17, 15) is 4.79 Å². The molecule has 0 aromatic carbocycles. The number of rotatable bonds is 2. The lowest BCUT2D eigenvalue weighted by Gasteiger charge is -2.15. The third-order valence-corrected chi connectivity index (χ3v) is 2.99. The van der Waals surface area contributed by atoms with Crippen LogP contribution in [0.3, 0.4) is 0 Å². The number of aliphatic imine (C=N–C) groups is 1. The highest BCUT2D eigenvalue weighted by Gasteiger charge is 2.30. The van der Waals surface area contributed by atoms with Crippen LogP contribution in [0.4, 0.5) is 0 Å². The van der Waals surface area contributed by atoms with Gasteiger partial charge in [-0.05, 0) is 6.92 Å². The van der Waals surface area contributed by atoms with E-state index in [-0.39, 0.29) is 11.8 Å². The average Bonchev–Trinajstić information content (AvgIpc) is 2.96. The molecule has 0 radical (unpaired) electrons. The van der Waals surface area contributed by atoms with Crippen LogP contribution in [0.2, 0.25) is 0 Å². The standard InChI is InChI=1S/C11H12N6O/c1-3-17-10-8(7-4-13-16(2)6-7)5-12-11(18)9(10)14-15-17/h4-6,8H,3H2,1-2H3. The highest BCUT2D eigenvalue weighted by atomic mass is 16.1. The third-order valence-electron chi connectivity index (χ3n) is 2.99. The summed E-state index contributed by atoms with van der Waals surface area (Å²) in [6.45, 7) is 2.63. The quantitative estimate of drug-likeness (QED) is 0.765. The second-order valence-corrected chi connectivity index (χ2v) is 4.15. The van der Waals surface area contributed by atoms with E-state index in [2.05, 4.69) is 20.4 Å². The van der Waals surface area contributed by atoms with Crippen LogP contribution < -0.4 is 0 Å². The first kappa shape index (κ1) is 10.8. The molecule has 0 bridgehead atoms. The first-order valence-corrected chi connectivity index (χ1v) is 5.71. The van der Waals surface area contributed by atoms with Gasteiger partial charge in [0.2, 0.25) is 0 Å². The van der Waals surface area contributed by atoms with E-state index in [1.54, 1.807) is 21.8 Å². The topological polar surface area (TPSA) is 78.0 Å². The summed E-state index contributed by atoms with van der Waals surface area (Å²) in [5.74, 6) is -0.439. The van der Waals surface area contributed by atoms with E-state index in [0.717, 1.165) is 11.3 Å². The van der Waals surface area contributed by atoms with Gasteiger partial charge in [-0.2, -0.15) is 5.10 Å². The molecule has 1 aliphatic heterocycles. The fourth-order valence-electron chi connectivity index (χ4n) is 2.13. The van der Waals surface area contributed by atoms with Crippen molar-refractivity contribution in [1.82, 2.24) is 24.8 Å². The smallest absolute Gasteiger partial charge is 0.276 e. The molecule has 3 rings (SSSR count). The lowest BCUT2D eigenvalue weighted by atomic mass is 9.96. The molecule has 1 unspecified atom stereocenters. The van der Waals surface area contributed by atoms with Crippen LogP contribution in [0, 0.1) is 0 Å². The molecule has 2 aromatic heterocycles. The Bertz CT molecular complexity index is 638. The van der Waals surface area contributed by atoms with Gasteiger partial charge in [0.05, 0.1) is 17.8 Å². The molecule has 3 heterocycles. The van der Waals surface area contributed by atoms with E-state index >= 15 is 0 Å². The predicted molar refractivity (Wildman–Crippen MR) is 63.6 cm³/mol. The van der Waals surface area contributed by atoms with Crippen LogP contribution >= 0.6 is 0 Å². The van der Waals surface area contributed by atoms with Crippen molar-refractivity contribution in [2.45, 2.75) is 19.4 Å². The Balaban J connectivity index is 2.15. The van der Waals surface area contributed by atoms with Crippen molar-refractivity contribution in [3.05, 3.63) is 29.3 Å². The average molecular weight is 244 g/mol. The molecule has 7 nitrogen and oxygen atoms in total. The van der Waals surface area contributed by atoms with Gasteiger partial charge in [-0.25, -0.2) is 9.67 Å². The third kappa shape index (κ3) is 1.47. The van der Waals surface area contributed by atoms with Gasteiger partial charge in [-0.3, -0.25) is 9.48 Å². The van der Waals surface area contributed by atoms with Gasteiger partial charge in [-0.15, -0.1) is 5.10 Å². The van der Waals surface area contributed by atoms with Gasteiger partial charge in [0.25, 0.3) is 5.91 Å². The minimum atomic E-state index is -0.329. The number of carbonyl (C=O) groups is 1. The minimum Gasteiger partial charge on any atom is -0.276 e. The Kier molecular flexibility index (Phi) is 2.32. The number of aromatic nitrogens is 5. The van der Waals surface area contributed by atoms with Crippen molar-refractivity contribution in [1.29, 1.82) is 0 Å². The molecule has 18 heavy (non-hydrogen) atoms. The van der Waals surface area contributed by atoms with E-state index in [0.29, 0.717) is 12.2 Å². The summed E-state index contributed by atoms with van der Waals surface area (Å²) in [6.07, 6.45) is 5.31. The maximum absolute atomic E-state index is 11.7. The molecule has 0 saturated carbocycles. The number of nitrogens with zero attached hydrogens (tertiary/aromatic N) is 6. The Morgan fingerprint density at radius 2 is 2.28 bits per heavy atom. The molecule has 0 fully saturated rings. The first-order chi connectivity index (χ1) is 8.70. The second kappa shape index (κ2) is 3.86. The van der Waals surface area contributed by atoms with Gasteiger partial charge in [-0.1, -0.05) is 5.21 Å². The molecule has 92 valence electrons. The van der Waals surface area contributed by atoms with Crippen molar-refractivity contribution < 1.29 is 4.79 Å². The van der Waals surface area contributed by atoms with Crippen molar-refractivity contribution in [2.75, 3.05) is 0 Å². The Hall–Kier alpha value is -2.31. The lowest BCUT2D eigenvalue weighted by molar-refractivity contribution is 0.0995. The molecule has 1 amide bonds. The van der Waals surface area contributed by atoms with Crippen LogP contribution in [0.1, 0.15) is 34.6 Å². The summed E-state index contributed by atoms with van der Waals surface area (Å²) in [5.41, 5.74) is 2.12. The lowest BCUT2D eigenvalue weighted by Crippen LogP contribution is -2.18. The fourth-order valence-corrected chi connectivity index (χ4v) is 2.13. The van der Waals surface area contributed by atoms with E-state index < -0.39 is 0 Å². The molecule has 7 heteroatoms. The number of carbonyl (C=O) groups excluding carboxylic acids is 1. The molecular weight excluding hydrogens is 232 g/mol. The van der Waals surface area contributed by atoms with Gasteiger partial charge in [0.1, 0.15) is 0 Å². The minimum absolute atomic E-state index is 0.110. The highest BCUT2D eigenvalue weighted by molar-refractivity contribution is 6.03. The number of aryl methyl sites for hydroxylation is 2. The second-order valence-electron chi connectivity index (χ2n) is 4.15. The molecule has 0 spiro atoms. The number of amides is 1. The highest BCUT2D eigenvalue weighted by Crippen LogP contribution is 2.28. The summed E-state index contributed by atoms with van der Waals surface area (Å²) >= 11 is 0. The number of fused-ring (bicyclic) bond motifs is 1. The van der Waals surface area contributed by atoms with Crippen molar-refractivity contribution >= 4 is 12.1 Å². The zero-order chi connectivity index (χ0) is 12.7. The summed E-state index contributed by atoms with van der Waals surface area (Å²) in [7, 11) is 1.85. The molecule has 0 N–H and O–H groups in total. The van der Waals surface area contributed by atoms with Crippen LogP contribution in [0.25, 0.3) is 0 Å². The molecule has 2 aromatic rings. The van der Waals surface area contributed by atoms with E-state index in [4.69, 9.17) is 0 Å². The summed E-state index contributed by atoms with van der Waals surface area (Å²) in [5, 5.41) is 12.0. The van der Waals surface area contributed by atoms with E-state index in [1.807, 2.05) is 20.2 Å². The molecule has 0 saturated heterocycles. The predicted octanol–water partition coefficient (Wildman–Crippen LogP) is 0.388. The zero-order valence-electron chi connectivity index (χ0n) is 10.1. The van der Waals surface area contributed by atoms with Gasteiger partial charge in [0, 0.05) is 31.6 Å². The van der Waals surface area contributed by atoms with Gasteiger partial charge >= 0.3 is 0 Å². The van der Waals surface area contributed by atoms with Crippen molar-refractivity contribution in [2.24, 2.45) is 12.0 Å². The normalized spacial score (nSPS) is 18.1. The van der Waals surface area contributed by atoms with Crippen LogP contribution in [-0.4, -0.2) is 36.9 Å². The number of hydrogen-bond donors (Lipinski definition) is 0. The van der Waals surface area contributed by atoms with Crippen LogP contribution in [0.5, 0.6) is 0 Å². The molecule has 1 aliphatic rings. The summed E-state index contributed by atoms with van der Waals surface area (Å²) in [6, 6.07) is 0. The zero-order valence-corrected chi connectivity index (χ0v) is 10.1. The van der Waals surface area contributed by atoms with Crippen molar-refractivity contribution in [3.63, 3.8) is 0 Å². The number of hydrogen-bond acceptors (Lipinski definition) is 4. The maximum Gasteiger partial charge on any atom is 0.299 e. The summed E-state index contributed by atoms with van der Waals surface area (Å²) in [4.78, 5) is 15.5. The SMILES string of the molecule is CCn1nnc2c1C(c1cnn(C)c1)C=NC2=O. The Morgan fingerprint density at radius 3 is 2.94 bits per heavy atom. The Morgan fingerprint density at radius 1 is 1.44 bits per heavy atom. The maximum atomic E-state index is 11.7. The van der Waals surface area contributed by atoms with Gasteiger partial charge < -0.3 is 0 Å². The van der Waals surface area contributed by atoms with Crippen LogP contribution in [0.15, 0.2) is 17.4 Å². The monoisotopic (exact) mass is 244 g/mol. The molecule has 1 atom stereocenters. The largest absolute Gasteiger partial charge is 0.299 e.